The first-order valence-corrected chi connectivity index (χ1v) is 13.3. The smallest absolute Gasteiger partial charge is 0.243 e. The number of nitrogens with zero attached hydrogens (tertiary/aromatic N) is 5. The van der Waals surface area contributed by atoms with Crippen molar-refractivity contribution in [2.24, 2.45) is 5.92 Å². The zero-order valence-electron chi connectivity index (χ0n) is 19.3. The Labute approximate surface area is 216 Å². The van der Waals surface area contributed by atoms with Gasteiger partial charge in [0.2, 0.25) is 10.0 Å². The van der Waals surface area contributed by atoms with Crippen LogP contribution < -0.4 is 10.8 Å². The van der Waals surface area contributed by atoms with Gasteiger partial charge in [-0.3, -0.25) is 0 Å². The molecule has 2 radical (unpaired) electrons. The molecule has 1 fully saturated rings. The highest BCUT2D eigenvalue weighted by Crippen LogP contribution is 2.29. The highest BCUT2D eigenvalue weighted by molar-refractivity contribution is 7.89. The van der Waals surface area contributed by atoms with Crippen LogP contribution >= 0.6 is 11.6 Å². The Morgan fingerprint density at radius 2 is 1.97 bits per heavy atom. The van der Waals surface area contributed by atoms with Crippen LogP contribution in [-0.2, 0) is 10.0 Å². The van der Waals surface area contributed by atoms with E-state index in [1.54, 1.807) is 16.8 Å². The summed E-state index contributed by atoms with van der Waals surface area (Å²) in [4.78, 5) is 4.85. The second-order valence-corrected chi connectivity index (χ2v) is 11.1. The topological polar surface area (TPSA) is 103 Å². The third kappa shape index (κ3) is 4.70. The lowest BCUT2D eigenvalue weighted by Gasteiger charge is -2.32. The molecule has 8 nitrogen and oxygen atoms in total. The number of sulfonamides is 1. The third-order valence-corrected chi connectivity index (χ3v) is 8.53. The molecule has 0 bridgehead atoms. The molecule has 2 aromatic heterocycles. The normalized spacial score (nSPS) is 16.6. The number of piperidine rings is 1. The summed E-state index contributed by atoms with van der Waals surface area (Å²) in [5.74, 6) is 0.783. The zero-order valence-corrected chi connectivity index (χ0v) is 20.9. The standard InChI is InChI=1S/C25H22BClN6O2S/c26-21-15-30-33-24(12-23(31-25(21)33)20-5-1-2-6-22(20)27)29-14-18-4-3-11-32(16-18)36(34,35)19-9-7-17(13-28)8-10-19/h1-2,5-10,12,15,18,29H,3-4,11,14,16H2. The minimum Gasteiger partial charge on any atom is -0.370 e. The molecule has 11 heteroatoms. The van der Waals surface area contributed by atoms with Gasteiger partial charge >= 0.3 is 0 Å². The lowest BCUT2D eigenvalue weighted by Crippen LogP contribution is -2.41. The van der Waals surface area contributed by atoms with Crippen molar-refractivity contribution >= 4 is 46.4 Å². The number of anilines is 1. The van der Waals surface area contributed by atoms with Crippen LogP contribution in [0.4, 0.5) is 5.82 Å². The van der Waals surface area contributed by atoms with Gasteiger partial charge in [0.25, 0.3) is 0 Å². The average molecular weight is 517 g/mol. The average Bonchev–Trinajstić information content (AvgIpc) is 3.28. The van der Waals surface area contributed by atoms with Crippen molar-refractivity contribution in [2.45, 2.75) is 17.7 Å². The van der Waals surface area contributed by atoms with Crippen LogP contribution in [-0.4, -0.2) is 54.8 Å². The molecule has 3 heterocycles. The van der Waals surface area contributed by atoms with Gasteiger partial charge < -0.3 is 5.32 Å². The zero-order chi connectivity index (χ0) is 25.3. The van der Waals surface area contributed by atoms with E-state index in [9.17, 15) is 8.42 Å². The minimum atomic E-state index is -3.64. The summed E-state index contributed by atoms with van der Waals surface area (Å²) in [5, 5.41) is 17.4. The molecule has 1 aliphatic rings. The monoisotopic (exact) mass is 516 g/mol. The Hall–Kier alpha value is -3.39. The lowest BCUT2D eigenvalue weighted by molar-refractivity contribution is 0.275. The molecule has 1 atom stereocenters. The van der Waals surface area contributed by atoms with E-state index in [0.717, 1.165) is 18.4 Å². The number of hydrogen-bond acceptors (Lipinski definition) is 6. The fourth-order valence-electron chi connectivity index (χ4n) is 4.42. The van der Waals surface area contributed by atoms with Crippen LogP contribution in [0.5, 0.6) is 0 Å². The molecule has 1 aliphatic heterocycles. The van der Waals surface area contributed by atoms with E-state index in [0.29, 0.717) is 52.8 Å². The lowest BCUT2D eigenvalue weighted by atomic mass is 9.99. The summed E-state index contributed by atoms with van der Waals surface area (Å²) in [7, 11) is 2.47. The van der Waals surface area contributed by atoms with Gasteiger partial charge in [-0.05, 0) is 54.6 Å². The van der Waals surface area contributed by atoms with Crippen molar-refractivity contribution in [1.82, 2.24) is 18.9 Å². The van der Waals surface area contributed by atoms with Gasteiger partial charge in [0.15, 0.2) is 5.65 Å². The maximum Gasteiger partial charge on any atom is 0.243 e. The quantitative estimate of drug-likeness (QED) is 0.395. The van der Waals surface area contributed by atoms with Crippen LogP contribution in [0.15, 0.2) is 65.7 Å². The molecule has 1 saturated heterocycles. The third-order valence-electron chi connectivity index (χ3n) is 6.32. The SMILES string of the molecule is [B]c1cnn2c(NCC3CCCN(S(=O)(=O)c4ccc(C#N)cc4)C3)cc(-c3ccccc3Cl)nc12. The van der Waals surface area contributed by atoms with Crippen molar-refractivity contribution in [1.29, 1.82) is 5.26 Å². The molecule has 1 N–H and O–H groups in total. The van der Waals surface area contributed by atoms with Gasteiger partial charge in [-0.25, -0.2) is 13.4 Å². The maximum absolute atomic E-state index is 13.2. The van der Waals surface area contributed by atoms with E-state index in [1.165, 1.54) is 28.6 Å². The van der Waals surface area contributed by atoms with Crippen LogP contribution in [0.2, 0.25) is 5.02 Å². The second-order valence-electron chi connectivity index (χ2n) is 8.73. The van der Waals surface area contributed by atoms with Crippen LogP contribution in [0.3, 0.4) is 0 Å². The summed E-state index contributed by atoms with van der Waals surface area (Å²) in [5.41, 5.74) is 2.83. The number of nitriles is 1. The number of rotatable bonds is 6. The maximum atomic E-state index is 13.2. The Morgan fingerprint density at radius 3 is 2.72 bits per heavy atom. The molecule has 5 rings (SSSR count). The Kier molecular flexibility index (Phi) is 6.71. The van der Waals surface area contributed by atoms with Crippen LogP contribution in [0.25, 0.3) is 16.9 Å². The molecular formula is C25H22BClN6O2S. The van der Waals surface area contributed by atoms with E-state index in [-0.39, 0.29) is 10.8 Å². The van der Waals surface area contributed by atoms with Gasteiger partial charge in [-0.2, -0.15) is 19.2 Å². The minimum absolute atomic E-state index is 0.0896. The number of aromatic nitrogens is 3. The first-order valence-electron chi connectivity index (χ1n) is 11.5. The number of halogens is 1. The van der Waals surface area contributed by atoms with E-state index in [4.69, 9.17) is 24.7 Å². The summed E-state index contributed by atoms with van der Waals surface area (Å²) < 4.78 is 29.5. The number of nitrogens with one attached hydrogen (secondary N) is 1. The Balaban J connectivity index is 1.36. The second kappa shape index (κ2) is 9.93. The number of benzene rings is 2. The highest BCUT2D eigenvalue weighted by atomic mass is 35.5. The van der Waals surface area contributed by atoms with E-state index < -0.39 is 10.0 Å². The van der Waals surface area contributed by atoms with Gasteiger partial charge in [0, 0.05) is 42.5 Å². The predicted molar refractivity (Wildman–Crippen MR) is 140 cm³/mol. The molecule has 180 valence electrons. The van der Waals surface area contributed by atoms with Crippen molar-refractivity contribution in [3.8, 4) is 17.3 Å². The Morgan fingerprint density at radius 1 is 1.19 bits per heavy atom. The molecule has 0 saturated carbocycles. The number of hydrogen-bond donors (Lipinski definition) is 1. The fourth-order valence-corrected chi connectivity index (χ4v) is 6.21. The molecular weight excluding hydrogens is 495 g/mol. The summed E-state index contributed by atoms with van der Waals surface area (Å²) in [6.07, 6.45) is 3.20. The predicted octanol–water partition coefficient (Wildman–Crippen LogP) is 3.23. The fraction of sp³-hybridized carbons (Fsp3) is 0.240. The number of fused-ring (bicyclic) bond motifs is 1. The van der Waals surface area contributed by atoms with Crippen molar-refractivity contribution in [3.63, 3.8) is 0 Å². The van der Waals surface area contributed by atoms with E-state index in [2.05, 4.69) is 15.4 Å². The van der Waals surface area contributed by atoms with Crippen molar-refractivity contribution in [2.75, 3.05) is 25.0 Å². The molecule has 0 amide bonds. The van der Waals surface area contributed by atoms with E-state index in [1.807, 2.05) is 30.3 Å². The molecule has 2 aromatic carbocycles. The van der Waals surface area contributed by atoms with Gasteiger partial charge in [0.1, 0.15) is 13.7 Å². The molecule has 0 aliphatic carbocycles. The summed E-state index contributed by atoms with van der Waals surface area (Å²) in [6.45, 7) is 1.40. The first kappa shape index (κ1) is 24.3. The van der Waals surface area contributed by atoms with Gasteiger partial charge in [-0.15, -0.1) is 0 Å². The Bertz CT molecular complexity index is 1570. The highest BCUT2D eigenvalue weighted by Gasteiger charge is 2.30. The molecule has 1 unspecified atom stereocenters. The van der Waals surface area contributed by atoms with Crippen molar-refractivity contribution in [3.05, 3.63) is 71.4 Å². The summed E-state index contributed by atoms with van der Waals surface area (Å²) >= 11 is 6.41. The molecule has 36 heavy (non-hydrogen) atoms. The van der Waals surface area contributed by atoms with Gasteiger partial charge in [-0.1, -0.05) is 29.8 Å². The molecule has 4 aromatic rings. The van der Waals surface area contributed by atoms with Crippen LogP contribution in [0.1, 0.15) is 18.4 Å². The largest absolute Gasteiger partial charge is 0.370 e. The van der Waals surface area contributed by atoms with Gasteiger partial charge in [0.05, 0.1) is 22.2 Å². The van der Waals surface area contributed by atoms with E-state index >= 15 is 0 Å². The summed E-state index contributed by atoms with van der Waals surface area (Å²) in [6, 6.07) is 17.4. The van der Waals surface area contributed by atoms with Crippen LogP contribution in [0, 0.1) is 17.2 Å². The van der Waals surface area contributed by atoms with Crippen molar-refractivity contribution < 1.29 is 8.42 Å². The molecule has 0 spiro atoms. The first-order chi connectivity index (χ1) is 17.4.